The summed E-state index contributed by atoms with van der Waals surface area (Å²) in [5.41, 5.74) is 5.36. The van der Waals surface area contributed by atoms with Gasteiger partial charge in [-0.25, -0.2) is 4.98 Å². The molecule has 0 aliphatic carbocycles. The van der Waals surface area contributed by atoms with E-state index in [0.717, 1.165) is 18.5 Å². The van der Waals surface area contributed by atoms with Crippen molar-refractivity contribution in [3.63, 3.8) is 0 Å². The zero-order valence-electron chi connectivity index (χ0n) is 12.2. The van der Waals surface area contributed by atoms with Crippen LogP contribution in [0, 0.1) is 20.8 Å². The van der Waals surface area contributed by atoms with Crippen LogP contribution in [0.1, 0.15) is 27.4 Å². The van der Waals surface area contributed by atoms with Crippen LogP contribution in [0.3, 0.4) is 0 Å². The number of likely N-dealkylation sites (N-methyl/N-ethyl adjacent to an activating group) is 1. The third kappa shape index (κ3) is 3.64. The first-order valence-electron chi connectivity index (χ1n) is 6.73. The van der Waals surface area contributed by atoms with Crippen LogP contribution in [0.4, 0.5) is 0 Å². The second kappa shape index (κ2) is 6.31. The SMILES string of the molecule is CNC(Cc1nc(C)cs1)Cc1c(C)cccc1C. The Balaban J connectivity index is 2.11. The Morgan fingerprint density at radius 3 is 2.37 bits per heavy atom. The Morgan fingerprint density at radius 2 is 1.84 bits per heavy atom. The maximum absolute atomic E-state index is 4.56. The van der Waals surface area contributed by atoms with Gasteiger partial charge in [-0.15, -0.1) is 11.3 Å². The van der Waals surface area contributed by atoms with E-state index < -0.39 is 0 Å². The highest BCUT2D eigenvalue weighted by molar-refractivity contribution is 7.09. The van der Waals surface area contributed by atoms with Crippen molar-refractivity contribution in [2.45, 2.75) is 39.7 Å². The lowest BCUT2D eigenvalue weighted by Crippen LogP contribution is -2.30. The van der Waals surface area contributed by atoms with Gasteiger partial charge in [-0.3, -0.25) is 0 Å². The summed E-state index contributed by atoms with van der Waals surface area (Å²) in [6, 6.07) is 6.98. The monoisotopic (exact) mass is 274 g/mol. The first kappa shape index (κ1) is 14.2. The van der Waals surface area contributed by atoms with Crippen LogP contribution in [0.25, 0.3) is 0 Å². The van der Waals surface area contributed by atoms with Gasteiger partial charge in [-0.05, 0) is 50.9 Å². The molecule has 1 unspecified atom stereocenters. The lowest BCUT2D eigenvalue weighted by molar-refractivity contribution is 0.552. The maximum atomic E-state index is 4.56. The second-order valence-corrected chi connectivity index (χ2v) is 6.09. The van der Waals surface area contributed by atoms with Crippen LogP contribution >= 0.6 is 11.3 Å². The van der Waals surface area contributed by atoms with Crippen LogP contribution in [-0.4, -0.2) is 18.1 Å². The summed E-state index contributed by atoms with van der Waals surface area (Å²) in [7, 11) is 2.04. The van der Waals surface area contributed by atoms with Gasteiger partial charge in [-0.2, -0.15) is 0 Å². The smallest absolute Gasteiger partial charge is 0.0943 e. The van der Waals surface area contributed by atoms with E-state index in [2.05, 4.69) is 54.7 Å². The molecule has 2 rings (SSSR count). The van der Waals surface area contributed by atoms with Crippen molar-refractivity contribution in [1.29, 1.82) is 0 Å². The molecule has 0 bridgehead atoms. The molecule has 1 N–H and O–H groups in total. The fourth-order valence-electron chi connectivity index (χ4n) is 2.40. The summed E-state index contributed by atoms with van der Waals surface area (Å²) >= 11 is 1.76. The van der Waals surface area contributed by atoms with E-state index in [0.29, 0.717) is 6.04 Å². The second-order valence-electron chi connectivity index (χ2n) is 5.15. The minimum Gasteiger partial charge on any atom is -0.316 e. The van der Waals surface area contributed by atoms with Gasteiger partial charge in [0.25, 0.3) is 0 Å². The summed E-state index contributed by atoms with van der Waals surface area (Å²) in [5, 5.41) is 6.78. The van der Waals surface area contributed by atoms with Crippen molar-refractivity contribution in [1.82, 2.24) is 10.3 Å². The molecule has 19 heavy (non-hydrogen) atoms. The Hall–Kier alpha value is -1.19. The Morgan fingerprint density at radius 1 is 1.16 bits per heavy atom. The van der Waals surface area contributed by atoms with E-state index in [-0.39, 0.29) is 0 Å². The molecular weight excluding hydrogens is 252 g/mol. The lowest BCUT2D eigenvalue weighted by Gasteiger charge is -2.18. The molecule has 2 aromatic rings. The molecule has 0 radical (unpaired) electrons. The highest BCUT2D eigenvalue weighted by Crippen LogP contribution is 2.18. The predicted octanol–water partition coefficient (Wildman–Crippen LogP) is 3.44. The summed E-state index contributed by atoms with van der Waals surface area (Å²) in [6.45, 7) is 6.45. The zero-order chi connectivity index (χ0) is 13.8. The number of benzene rings is 1. The number of hydrogen-bond acceptors (Lipinski definition) is 3. The van der Waals surface area contributed by atoms with Gasteiger partial charge in [-0.1, -0.05) is 18.2 Å². The quantitative estimate of drug-likeness (QED) is 0.903. The molecule has 0 saturated carbocycles. The van der Waals surface area contributed by atoms with Crippen LogP contribution in [0.5, 0.6) is 0 Å². The molecule has 1 aromatic carbocycles. The van der Waals surface area contributed by atoms with E-state index in [1.165, 1.54) is 21.7 Å². The highest BCUT2D eigenvalue weighted by Gasteiger charge is 2.13. The summed E-state index contributed by atoms with van der Waals surface area (Å²) in [6.07, 6.45) is 2.07. The maximum Gasteiger partial charge on any atom is 0.0943 e. The molecule has 0 fully saturated rings. The Bertz CT molecular complexity index is 525. The van der Waals surface area contributed by atoms with Crippen LogP contribution in [-0.2, 0) is 12.8 Å². The van der Waals surface area contributed by atoms with E-state index in [1.807, 2.05) is 7.05 Å². The van der Waals surface area contributed by atoms with E-state index in [9.17, 15) is 0 Å². The number of hydrogen-bond donors (Lipinski definition) is 1. The van der Waals surface area contributed by atoms with E-state index >= 15 is 0 Å². The molecule has 1 heterocycles. The van der Waals surface area contributed by atoms with Crippen molar-refractivity contribution >= 4 is 11.3 Å². The van der Waals surface area contributed by atoms with Crippen molar-refractivity contribution in [2.24, 2.45) is 0 Å². The number of thiazole rings is 1. The van der Waals surface area contributed by atoms with Crippen molar-refractivity contribution in [3.8, 4) is 0 Å². The van der Waals surface area contributed by atoms with Crippen LogP contribution < -0.4 is 5.32 Å². The van der Waals surface area contributed by atoms with E-state index in [4.69, 9.17) is 0 Å². The van der Waals surface area contributed by atoms with Crippen LogP contribution in [0.15, 0.2) is 23.6 Å². The predicted molar refractivity (Wildman–Crippen MR) is 83.0 cm³/mol. The summed E-state index contributed by atoms with van der Waals surface area (Å²) in [5.74, 6) is 0. The Kier molecular flexibility index (Phi) is 4.72. The summed E-state index contributed by atoms with van der Waals surface area (Å²) < 4.78 is 0. The van der Waals surface area contributed by atoms with Crippen molar-refractivity contribution < 1.29 is 0 Å². The minimum absolute atomic E-state index is 0.449. The van der Waals surface area contributed by atoms with Gasteiger partial charge in [0.15, 0.2) is 0 Å². The number of aryl methyl sites for hydroxylation is 3. The molecule has 0 spiro atoms. The molecule has 0 saturated heterocycles. The fourth-order valence-corrected chi connectivity index (χ4v) is 3.25. The van der Waals surface area contributed by atoms with Gasteiger partial charge < -0.3 is 5.32 Å². The van der Waals surface area contributed by atoms with Gasteiger partial charge in [0.2, 0.25) is 0 Å². The number of nitrogens with zero attached hydrogens (tertiary/aromatic N) is 1. The van der Waals surface area contributed by atoms with Gasteiger partial charge in [0.1, 0.15) is 0 Å². The number of aromatic nitrogens is 1. The molecule has 2 nitrogen and oxygen atoms in total. The molecular formula is C16H22N2S. The van der Waals surface area contributed by atoms with Gasteiger partial charge >= 0.3 is 0 Å². The molecule has 0 amide bonds. The highest BCUT2D eigenvalue weighted by atomic mass is 32.1. The average molecular weight is 274 g/mol. The molecule has 1 aromatic heterocycles. The van der Waals surface area contributed by atoms with Crippen molar-refractivity contribution in [2.75, 3.05) is 7.05 Å². The minimum atomic E-state index is 0.449. The molecule has 0 aliphatic rings. The van der Waals surface area contributed by atoms with Crippen LogP contribution in [0.2, 0.25) is 0 Å². The largest absolute Gasteiger partial charge is 0.316 e. The van der Waals surface area contributed by atoms with Gasteiger partial charge in [0.05, 0.1) is 5.01 Å². The Labute approximate surface area is 119 Å². The molecule has 1 atom stereocenters. The van der Waals surface area contributed by atoms with Gasteiger partial charge in [0, 0.05) is 23.5 Å². The topological polar surface area (TPSA) is 24.9 Å². The standard InChI is InChI=1S/C16H22N2S/c1-11-6-5-7-12(2)15(11)8-14(17-4)9-16-18-13(3)10-19-16/h5-7,10,14,17H,8-9H2,1-4H3. The number of rotatable bonds is 5. The average Bonchev–Trinajstić information content (AvgIpc) is 2.78. The van der Waals surface area contributed by atoms with Crippen molar-refractivity contribution in [3.05, 3.63) is 51.0 Å². The molecule has 3 heteroatoms. The first-order valence-corrected chi connectivity index (χ1v) is 7.61. The number of nitrogens with one attached hydrogen (secondary N) is 1. The molecule has 102 valence electrons. The normalized spacial score (nSPS) is 12.6. The summed E-state index contributed by atoms with van der Waals surface area (Å²) in [4.78, 5) is 4.56. The van der Waals surface area contributed by atoms with E-state index in [1.54, 1.807) is 11.3 Å². The lowest BCUT2D eigenvalue weighted by atomic mass is 9.95. The third-order valence-electron chi connectivity index (χ3n) is 3.59. The fraction of sp³-hybridized carbons (Fsp3) is 0.438. The first-order chi connectivity index (χ1) is 9.10. The third-order valence-corrected chi connectivity index (χ3v) is 4.58. The zero-order valence-corrected chi connectivity index (χ0v) is 13.0. The molecule has 0 aliphatic heterocycles.